The normalized spacial score (nSPS) is 16.7. The zero-order valence-electron chi connectivity index (χ0n) is 19.9. The van der Waals surface area contributed by atoms with E-state index in [-0.39, 0.29) is 34.6 Å². The predicted molar refractivity (Wildman–Crippen MR) is 135 cm³/mol. The van der Waals surface area contributed by atoms with Crippen molar-refractivity contribution in [1.82, 2.24) is 29.3 Å². The van der Waals surface area contributed by atoms with Gasteiger partial charge in [0.25, 0.3) is 0 Å². The van der Waals surface area contributed by atoms with Crippen molar-refractivity contribution in [1.29, 1.82) is 0 Å². The van der Waals surface area contributed by atoms with Crippen molar-refractivity contribution in [2.45, 2.75) is 25.7 Å². The molecule has 1 atom stereocenters. The SMILES string of the molecule is Cc1c[nH]c([C@]2(C)C(=O)Nc3nc(-c4cn5ccnc5c(Cc5cccc(F)c5)n4)nc(N)c32)cc1=O. The van der Waals surface area contributed by atoms with E-state index in [1.807, 2.05) is 6.07 Å². The molecule has 5 aromatic rings. The van der Waals surface area contributed by atoms with Gasteiger partial charge in [0.2, 0.25) is 5.91 Å². The molecule has 0 radical (unpaired) electrons. The number of aromatic amines is 1. The highest BCUT2D eigenvalue weighted by Crippen LogP contribution is 2.44. The number of aryl methyl sites for hydroxylation is 1. The molecule has 0 saturated carbocycles. The van der Waals surface area contributed by atoms with E-state index in [9.17, 15) is 14.0 Å². The number of amides is 1. The van der Waals surface area contributed by atoms with Crippen molar-refractivity contribution in [3.8, 4) is 11.5 Å². The molecular formula is C26H21FN8O2. The molecule has 0 bridgehead atoms. The molecule has 1 aromatic carbocycles. The second-order valence-electron chi connectivity index (χ2n) is 9.17. The lowest BCUT2D eigenvalue weighted by atomic mass is 9.80. The van der Waals surface area contributed by atoms with Gasteiger partial charge in [-0.15, -0.1) is 0 Å². The number of imidazole rings is 1. The zero-order valence-corrected chi connectivity index (χ0v) is 19.9. The van der Waals surface area contributed by atoms with Crippen LogP contribution in [-0.4, -0.2) is 35.2 Å². The summed E-state index contributed by atoms with van der Waals surface area (Å²) in [5.74, 6) is -0.187. The Morgan fingerprint density at radius 1 is 1.16 bits per heavy atom. The summed E-state index contributed by atoms with van der Waals surface area (Å²) in [6.07, 6.45) is 7.01. The van der Waals surface area contributed by atoms with Crippen LogP contribution in [0.25, 0.3) is 17.2 Å². The van der Waals surface area contributed by atoms with E-state index < -0.39 is 5.41 Å². The van der Waals surface area contributed by atoms with Crippen LogP contribution in [0.5, 0.6) is 0 Å². The highest BCUT2D eigenvalue weighted by atomic mass is 19.1. The Balaban J connectivity index is 1.47. The summed E-state index contributed by atoms with van der Waals surface area (Å²) in [7, 11) is 0. The zero-order chi connectivity index (χ0) is 25.9. The van der Waals surface area contributed by atoms with Gasteiger partial charge in [-0.05, 0) is 31.5 Å². The minimum absolute atomic E-state index is 0.0847. The van der Waals surface area contributed by atoms with Crippen LogP contribution in [0.1, 0.15) is 35.0 Å². The number of halogens is 1. The van der Waals surface area contributed by atoms with Crippen LogP contribution >= 0.6 is 0 Å². The standard InChI is InChI=1S/C26H21FN8O2/c1-13-11-30-19(10-18(13)36)26(2)20-21(28)32-22(33-23(20)34-25(26)37)17-12-35-7-6-29-24(35)16(31-17)9-14-4-3-5-15(27)8-14/h3-8,10-12H,9H2,1-2H3,(H,30,36)(H3,28,32,33,34,37)/t26-/m0/s1. The van der Waals surface area contributed by atoms with Gasteiger partial charge in [-0.1, -0.05) is 12.1 Å². The predicted octanol–water partition coefficient (Wildman–Crippen LogP) is 2.75. The average Bonchev–Trinajstić information content (AvgIpc) is 3.44. The number of hydrogen-bond acceptors (Lipinski definition) is 7. The fourth-order valence-corrected chi connectivity index (χ4v) is 4.67. The number of hydrogen-bond donors (Lipinski definition) is 3. The Hall–Kier alpha value is -4.93. The number of anilines is 2. The molecule has 1 amide bonds. The third-order valence-corrected chi connectivity index (χ3v) is 6.70. The van der Waals surface area contributed by atoms with Crippen LogP contribution in [-0.2, 0) is 16.6 Å². The van der Waals surface area contributed by atoms with Crippen LogP contribution in [0, 0.1) is 12.7 Å². The van der Waals surface area contributed by atoms with E-state index in [1.165, 1.54) is 18.2 Å². The molecule has 184 valence electrons. The monoisotopic (exact) mass is 496 g/mol. The second kappa shape index (κ2) is 8.05. The summed E-state index contributed by atoms with van der Waals surface area (Å²) >= 11 is 0. The van der Waals surface area contributed by atoms with Crippen molar-refractivity contribution < 1.29 is 9.18 Å². The molecule has 0 saturated heterocycles. The minimum Gasteiger partial charge on any atom is -0.383 e. The van der Waals surface area contributed by atoms with Gasteiger partial charge in [0.05, 0.1) is 11.3 Å². The Kier molecular flexibility index (Phi) is 4.90. The maximum Gasteiger partial charge on any atom is 0.242 e. The number of carbonyl (C=O) groups is 1. The number of fused-ring (bicyclic) bond motifs is 2. The van der Waals surface area contributed by atoms with Gasteiger partial charge >= 0.3 is 0 Å². The number of nitrogens with one attached hydrogen (secondary N) is 2. The number of rotatable bonds is 4. The molecule has 37 heavy (non-hydrogen) atoms. The molecule has 4 aromatic heterocycles. The first kappa shape index (κ1) is 22.5. The molecule has 1 aliphatic rings. The number of carbonyl (C=O) groups excluding carboxylic acids is 1. The largest absolute Gasteiger partial charge is 0.383 e. The number of nitrogens with two attached hydrogens (primary N) is 1. The number of aromatic nitrogens is 6. The fourth-order valence-electron chi connectivity index (χ4n) is 4.67. The van der Waals surface area contributed by atoms with Crippen LogP contribution in [0.15, 0.2) is 59.9 Å². The van der Waals surface area contributed by atoms with E-state index in [2.05, 4.69) is 25.3 Å². The van der Waals surface area contributed by atoms with E-state index in [0.717, 1.165) is 5.56 Å². The third kappa shape index (κ3) is 3.54. The van der Waals surface area contributed by atoms with Gasteiger partial charge in [-0.3, -0.25) is 9.59 Å². The third-order valence-electron chi connectivity index (χ3n) is 6.70. The number of nitrogens with zero attached hydrogens (tertiary/aromatic N) is 5. The molecule has 0 unspecified atom stereocenters. The van der Waals surface area contributed by atoms with Crippen molar-refractivity contribution >= 4 is 23.2 Å². The maximum atomic E-state index is 13.8. The van der Waals surface area contributed by atoms with Crippen molar-refractivity contribution in [3.63, 3.8) is 0 Å². The molecule has 0 fully saturated rings. The molecule has 0 aliphatic carbocycles. The lowest BCUT2D eigenvalue weighted by Gasteiger charge is -2.23. The molecule has 6 rings (SSSR count). The van der Waals surface area contributed by atoms with Crippen molar-refractivity contribution in [2.24, 2.45) is 0 Å². The Morgan fingerprint density at radius 2 is 2.00 bits per heavy atom. The second-order valence-corrected chi connectivity index (χ2v) is 9.17. The first-order chi connectivity index (χ1) is 17.7. The quantitative estimate of drug-likeness (QED) is 0.347. The van der Waals surface area contributed by atoms with Crippen LogP contribution in [0.2, 0.25) is 0 Å². The lowest BCUT2D eigenvalue weighted by Crippen LogP contribution is -2.35. The summed E-state index contributed by atoms with van der Waals surface area (Å²) in [4.78, 5) is 46.7. The molecule has 1 aliphatic heterocycles. The number of benzene rings is 1. The average molecular weight is 497 g/mol. The van der Waals surface area contributed by atoms with Gasteiger partial charge in [-0.2, -0.15) is 0 Å². The molecular weight excluding hydrogens is 475 g/mol. The summed E-state index contributed by atoms with van der Waals surface area (Å²) in [6, 6.07) is 7.68. The minimum atomic E-state index is -1.28. The summed E-state index contributed by atoms with van der Waals surface area (Å²) < 4.78 is 15.6. The van der Waals surface area contributed by atoms with Crippen LogP contribution in [0.3, 0.4) is 0 Å². The van der Waals surface area contributed by atoms with Gasteiger partial charge in [-0.25, -0.2) is 24.3 Å². The summed E-state index contributed by atoms with van der Waals surface area (Å²) in [6.45, 7) is 3.35. The van der Waals surface area contributed by atoms with E-state index in [0.29, 0.717) is 40.3 Å². The Morgan fingerprint density at radius 3 is 2.78 bits per heavy atom. The van der Waals surface area contributed by atoms with Crippen molar-refractivity contribution in [3.05, 3.63) is 99.2 Å². The molecule has 0 spiro atoms. The van der Waals surface area contributed by atoms with E-state index in [1.54, 1.807) is 49.1 Å². The number of nitrogen functional groups attached to an aromatic ring is 1. The van der Waals surface area contributed by atoms with Crippen LogP contribution in [0.4, 0.5) is 16.0 Å². The molecule has 4 N–H and O–H groups in total. The Bertz CT molecular complexity index is 1790. The van der Waals surface area contributed by atoms with Gasteiger partial charge < -0.3 is 20.4 Å². The highest BCUT2D eigenvalue weighted by molar-refractivity contribution is 6.08. The lowest BCUT2D eigenvalue weighted by molar-refractivity contribution is -0.119. The smallest absolute Gasteiger partial charge is 0.242 e. The van der Waals surface area contributed by atoms with Crippen LogP contribution < -0.4 is 16.5 Å². The fraction of sp³-hybridized carbons (Fsp3) is 0.154. The number of H-pyrrole nitrogens is 1. The Labute approximate surface area is 209 Å². The van der Waals surface area contributed by atoms with Gasteiger partial charge in [0, 0.05) is 48.5 Å². The van der Waals surface area contributed by atoms with E-state index in [4.69, 9.17) is 10.7 Å². The van der Waals surface area contributed by atoms with Crippen molar-refractivity contribution in [2.75, 3.05) is 11.1 Å². The first-order valence-corrected chi connectivity index (χ1v) is 11.5. The maximum absolute atomic E-state index is 13.8. The highest BCUT2D eigenvalue weighted by Gasteiger charge is 2.48. The number of pyridine rings is 1. The molecule has 10 nitrogen and oxygen atoms in total. The molecule has 5 heterocycles. The van der Waals surface area contributed by atoms with Gasteiger partial charge in [0.15, 0.2) is 16.9 Å². The van der Waals surface area contributed by atoms with E-state index >= 15 is 0 Å². The molecule has 11 heteroatoms. The first-order valence-electron chi connectivity index (χ1n) is 11.5. The van der Waals surface area contributed by atoms with Gasteiger partial charge in [0.1, 0.15) is 28.6 Å². The summed E-state index contributed by atoms with van der Waals surface area (Å²) in [5, 5.41) is 2.78. The summed E-state index contributed by atoms with van der Waals surface area (Å²) in [5.41, 5.74) is 8.57. The topological polar surface area (TPSA) is 144 Å².